The second-order valence-electron chi connectivity index (χ2n) is 6.96. The Morgan fingerprint density at radius 3 is 2.48 bits per heavy atom. The molecule has 1 N–H and O–H groups in total. The number of halogens is 1. The Morgan fingerprint density at radius 2 is 1.85 bits per heavy atom. The van der Waals surface area contributed by atoms with E-state index in [4.69, 9.17) is 0 Å². The van der Waals surface area contributed by atoms with Gasteiger partial charge in [-0.2, -0.15) is 0 Å². The number of benzene rings is 1. The highest BCUT2D eigenvalue weighted by Crippen LogP contribution is 2.31. The predicted octanol–water partition coefficient (Wildman–Crippen LogP) is 2.53. The number of aromatic nitrogens is 1. The van der Waals surface area contributed by atoms with Crippen LogP contribution >= 0.6 is 0 Å². The summed E-state index contributed by atoms with van der Waals surface area (Å²) >= 11 is 0. The van der Waals surface area contributed by atoms with Crippen LogP contribution in [0.1, 0.15) is 23.2 Å². The van der Waals surface area contributed by atoms with Crippen LogP contribution in [0.4, 0.5) is 15.9 Å². The number of nitrogens with one attached hydrogen (secondary N) is 1. The largest absolute Gasteiger partial charge is 0.353 e. The Labute approximate surface area is 157 Å². The van der Waals surface area contributed by atoms with Crippen LogP contribution in [0.3, 0.4) is 0 Å². The number of anilines is 2. The zero-order valence-corrected chi connectivity index (χ0v) is 14.9. The van der Waals surface area contributed by atoms with Crippen molar-refractivity contribution in [3.8, 4) is 0 Å². The fourth-order valence-corrected chi connectivity index (χ4v) is 3.22. The van der Waals surface area contributed by atoms with E-state index in [0.717, 1.165) is 44.8 Å². The first-order valence-electron chi connectivity index (χ1n) is 9.17. The lowest BCUT2D eigenvalue weighted by molar-refractivity contribution is -0.132. The van der Waals surface area contributed by atoms with Crippen molar-refractivity contribution in [2.75, 3.05) is 36.4 Å². The number of rotatable bonds is 4. The van der Waals surface area contributed by atoms with Gasteiger partial charge in [0.15, 0.2) is 0 Å². The molecule has 2 amide bonds. The number of pyridine rings is 1. The van der Waals surface area contributed by atoms with Crippen molar-refractivity contribution in [1.82, 2.24) is 9.88 Å². The second-order valence-corrected chi connectivity index (χ2v) is 6.96. The maximum absolute atomic E-state index is 13.2. The number of nitrogens with zero attached hydrogens (tertiary/aromatic N) is 3. The lowest BCUT2D eigenvalue weighted by Gasteiger charge is -2.35. The summed E-state index contributed by atoms with van der Waals surface area (Å²) in [5.41, 5.74) is 0.811. The quantitative estimate of drug-likeness (QED) is 0.901. The van der Waals surface area contributed by atoms with Crippen molar-refractivity contribution in [2.24, 2.45) is 5.92 Å². The van der Waals surface area contributed by atoms with Gasteiger partial charge in [-0.15, -0.1) is 0 Å². The third-order valence-electron chi connectivity index (χ3n) is 4.93. The number of piperazine rings is 1. The molecule has 0 atom stereocenters. The first kappa shape index (κ1) is 17.5. The van der Waals surface area contributed by atoms with Crippen LogP contribution in [-0.4, -0.2) is 47.9 Å². The van der Waals surface area contributed by atoms with Gasteiger partial charge >= 0.3 is 0 Å². The summed E-state index contributed by atoms with van der Waals surface area (Å²) in [5, 5.41) is 2.72. The summed E-state index contributed by atoms with van der Waals surface area (Å²) in [6, 6.07) is 9.17. The van der Waals surface area contributed by atoms with Gasteiger partial charge in [0.1, 0.15) is 11.6 Å². The molecule has 2 heterocycles. The molecule has 1 saturated heterocycles. The van der Waals surface area contributed by atoms with E-state index in [1.54, 1.807) is 18.3 Å². The van der Waals surface area contributed by atoms with Crippen molar-refractivity contribution in [2.45, 2.75) is 12.8 Å². The van der Waals surface area contributed by atoms with Crippen molar-refractivity contribution in [3.05, 3.63) is 54.0 Å². The van der Waals surface area contributed by atoms with Gasteiger partial charge in [-0.1, -0.05) is 6.07 Å². The zero-order chi connectivity index (χ0) is 18.8. The Morgan fingerprint density at radius 1 is 1.07 bits per heavy atom. The van der Waals surface area contributed by atoms with Gasteiger partial charge in [0, 0.05) is 37.7 Å². The monoisotopic (exact) mass is 368 g/mol. The Kier molecular flexibility index (Phi) is 4.75. The molecular formula is C20H21FN4O2. The van der Waals surface area contributed by atoms with Gasteiger partial charge < -0.3 is 15.1 Å². The van der Waals surface area contributed by atoms with Crippen LogP contribution in [0.25, 0.3) is 0 Å². The van der Waals surface area contributed by atoms with Crippen LogP contribution in [0.15, 0.2) is 42.6 Å². The van der Waals surface area contributed by atoms with Crippen molar-refractivity contribution >= 4 is 23.3 Å². The highest BCUT2D eigenvalue weighted by Gasteiger charge is 2.34. The summed E-state index contributed by atoms with van der Waals surface area (Å²) < 4.78 is 13.2. The molecule has 1 aliphatic carbocycles. The minimum atomic E-state index is -0.449. The fourth-order valence-electron chi connectivity index (χ4n) is 3.22. The molecule has 4 rings (SSSR count). The predicted molar refractivity (Wildman–Crippen MR) is 100 cm³/mol. The highest BCUT2D eigenvalue weighted by atomic mass is 19.1. The third kappa shape index (κ3) is 4.07. The molecule has 0 radical (unpaired) electrons. The molecule has 140 valence electrons. The highest BCUT2D eigenvalue weighted by molar-refractivity contribution is 6.04. The Hall–Kier alpha value is -2.96. The van der Waals surface area contributed by atoms with Gasteiger partial charge in [0.2, 0.25) is 5.91 Å². The standard InChI is InChI=1S/C20H21FN4O2/c21-16-3-1-2-15(12-16)19(26)23-17-6-7-18(22-13-17)24-8-10-25(11-9-24)20(27)14-4-5-14/h1-3,6-7,12-14H,4-5,8-11H2,(H,23,26). The minimum absolute atomic E-state index is 0.260. The first-order valence-corrected chi connectivity index (χ1v) is 9.17. The molecule has 1 aromatic heterocycles. The van der Waals surface area contributed by atoms with Gasteiger partial charge in [-0.25, -0.2) is 9.37 Å². The molecule has 27 heavy (non-hydrogen) atoms. The van der Waals surface area contributed by atoms with Crippen LogP contribution < -0.4 is 10.2 Å². The molecule has 2 fully saturated rings. The number of carbonyl (C=O) groups excluding carboxylic acids is 2. The van der Waals surface area contributed by atoms with E-state index in [1.165, 1.54) is 18.2 Å². The smallest absolute Gasteiger partial charge is 0.255 e. The molecule has 0 bridgehead atoms. The SMILES string of the molecule is O=C(Nc1ccc(N2CCN(C(=O)C3CC3)CC2)nc1)c1cccc(F)c1. The molecule has 2 aliphatic rings. The number of amides is 2. The Bertz CT molecular complexity index is 843. The van der Waals surface area contributed by atoms with Crippen LogP contribution in [0.2, 0.25) is 0 Å². The van der Waals surface area contributed by atoms with E-state index in [9.17, 15) is 14.0 Å². The van der Waals surface area contributed by atoms with E-state index < -0.39 is 5.82 Å². The van der Waals surface area contributed by atoms with Gasteiger partial charge in [0.25, 0.3) is 5.91 Å². The summed E-state index contributed by atoms with van der Waals surface area (Å²) in [7, 11) is 0. The van der Waals surface area contributed by atoms with Crippen LogP contribution in [0, 0.1) is 11.7 Å². The number of carbonyl (C=O) groups is 2. The zero-order valence-electron chi connectivity index (χ0n) is 14.9. The molecule has 0 unspecified atom stereocenters. The topological polar surface area (TPSA) is 65.5 Å². The van der Waals surface area contributed by atoms with Gasteiger partial charge in [-0.3, -0.25) is 9.59 Å². The van der Waals surface area contributed by atoms with Crippen LogP contribution in [0.5, 0.6) is 0 Å². The van der Waals surface area contributed by atoms with E-state index in [-0.39, 0.29) is 23.3 Å². The lowest BCUT2D eigenvalue weighted by atomic mass is 10.2. The number of hydrogen-bond acceptors (Lipinski definition) is 4. The minimum Gasteiger partial charge on any atom is -0.353 e. The molecule has 1 aromatic carbocycles. The van der Waals surface area contributed by atoms with Crippen molar-refractivity contribution in [3.63, 3.8) is 0 Å². The van der Waals surface area contributed by atoms with E-state index in [2.05, 4.69) is 15.2 Å². The van der Waals surface area contributed by atoms with Gasteiger partial charge in [0.05, 0.1) is 11.9 Å². The van der Waals surface area contributed by atoms with Gasteiger partial charge in [-0.05, 0) is 43.2 Å². The molecule has 6 nitrogen and oxygen atoms in total. The third-order valence-corrected chi connectivity index (χ3v) is 4.93. The maximum Gasteiger partial charge on any atom is 0.255 e. The van der Waals surface area contributed by atoms with Crippen molar-refractivity contribution < 1.29 is 14.0 Å². The van der Waals surface area contributed by atoms with Crippen molar-refractivity contribution in [1.29, 1.82) is 0 Å². The van der Waals surface area contributed by atoms with E-state index >= 15 is 0 Å². The molecule has 7 heteroatoms. The first-order chi connectivity index (χ1) is 13.1. The van der Waals surface area contributed by atoms with Crippen LogP contribution in [-0.2, 0) is 4.79 Å². The fraction of sp³-hybridized carbons (Fsp3) is 0.350. The Balaban J connectivity index is 1.34. The number of hydrogen-bond donors (Lipinski definition) is 1. The molecule has 0 spiro atoms. The second kappa shape index (κ2) is 7.34. The average Bonchev–Trinajstić information content (AvgIpc) is 3.53. The summed E-state index contributed by atoms with van der Waals surface area (Å²) in [6.45, 7) is 2.94. The summed E-state index contributed by atoms with van der Waals surface area (Å²) in [6.07, 6.45) is 3.65. The normalized spacial score (nSPS) is 16.9. The lowest BCUT2D eigenvalue weighted by Crippen LogP contribution is -2.49. The van der Waals surface area contributed by atoms with E-state index in [0.29, 0.717) is 5.69 Å². The molecular weight excluding hydrogens is 347 g/mol. The molecule has 2 aromatic rings. The summed E-state index contributed by atoms with van der Waals surface area (Å²) in [5.74, 6) is 0.539. The maximum atomic E-state index is 13.2. The molecule has 1 saturated carbocycles. The van der Waals surface area contributed by atoms with E-state index in [1.807, 2.05) is 11.0 Å². The summed E-state index contributed by atoms with van der Waals surface area (Å²) in [4.78, 5) is 32.8. The molecule has 1 aliphatic heterocycles. The average molecular weight is 368 g/mol.